The number of nitrogen functional groups attached to an aromatic ring is 1. The molecule has 2 aromatic heterocycles. The Labute approximate surface area is 115 Å². The van der Waals surface area contributed by atoms with Crippen LogP contribution in [0.3, 0.4) is 0 Å². The van der Waals surface area contributed by atoms with Gasteiger partial charge in [0.25, 0.3) is 0 Å². The summed E-state index contributed by atoms with van der Waals surface area (Å²) in [7, 11) is 0. The monoisotopic (exact) mass is 276 g/mol. The molecule has 0 aromatic carbocycles. The van der Waals surface area contributed by atoms with Gasteiger partial charge in [-0.25, -0.2) is 15.0 Å². The number of nitrogens with two attached hydrogens (primary N) is 1. The fraction of sp³-hybridized carbons (Fsp3) is 0.333. The highest BCUT2D eigenvalue weighted by atomic mass is 35.5. The van der Waals surface area contributed by atoms with Gasteiger partial charge >= 0.3 is 0 Å². The predicted molar refractivity (Wildman–Crippen MR) is 73.0 cm³/mol. The molecule has 0 saturated heterocycles. The van der Waals surface area contributed by atoms with E-state index in [1.54, 1.807) is 6.07 Å². The Morgan fingerprint density at radius 1 is 1.32 bits per heavy atom. The van der Waals surface area contributed by atoms with Crippen LogP contribution in [0, 0.1) is 6.92 Å². The zero-order valence-corrected chi connectivity index (χ0v) is 11.2. The maximum absolute atomic E-state index is 5.91. The van der Waals surface area contributed by atoms with Crippen molar-refractivity contribution in [3.8, 4) is 0 Å². The van der Waals surface area contributed by atoms with Gasteiger partial charge in [0.15, 0.2) is 0 Å². The molecule has 0 bridgehead atoms. The number of rotatable bonds is 1. The normalized spacial score (nSPS) is 14.3. The largest absolute Gasteiger partial charge is 0.368 e. The summed E-state index contributed by atoms with van der Waals surface area (Å²) in [5, 5.41) is 0.355. The quantitative estimate of drug-likeness (QED) is 0.793. The molecule has 0 fully saturated rings. The number of fused-ring (bicyclic) bond motifs is 1. The number of hydrogen-bond acceptors (Lipinski definition) is 6. The molecule has 0 amide bonds. The molecule has 2 aromatic rings. The van der Waals surface area contributed by atoms with Gasteiger partial charge in [-0.1, -0.05) is 11.6 Å². The molecule has 6 nitrogen and oxygen atoms in total. The second kappa shape index (κ2) is 4.62. The number of nitrogens with zero attached hydrogens (tertiary/aromatic N) is 5. The van der Waals surface area contributed by atoms with Crippen LogP contribution in [-0.4, -0.2) is 26.5 Å². The minimum atomic E-state index is 0.188. The van der Waals surface area contributed by atoms with E-state index in [1.165, 1.54) is 0 Å². The van der Waals surface area contributed by atoms with Crippen molar-refractivity contribution in [1.29, 1.82) is 0 Å². The van der Waals surface area contributed by atoms with Crippen molar-refractivity contribution >= 4 is 23.4 Å². The first-order chi connectivity index (χ1) is 9.11. The van der Waals surface area contributed by atoms with Gasteiger partial charge in [0.05, 0.1) is 5.69 Å². The molecule has 98 valence electrons. The van der Waals surface area contributed by atoms with E-state index in [0.29, 0.717) is 11.7 Å². The fourth-order valence-electron chi connectivity index (χ4n) is 2.20. The van der Waals surface area contributed by atoms with Crippen LogP contribution in [-0.2, 0) is 13.0 Å². The second-order valence-electron chi connectivity index (χ2n) is 4.47. The summed E-state index contributed by atoms with van der Waals surface area (Å²) in [5.74, 6) is 1.73. The molecular weight excluding hydrogens is 264 g/mol. The Hall–Kier alpha value is -1.95. The summed E-state index contributed by atoms with van der Waals surface area (Å²) >= 11 is 5.91. The van der Waals surface area contributed by atoms with E-state index < -0.39 is 0 Å². The lowest BCUT2D eigenvalue weighted by Gasteiger charge is -2.29. The standard InChI is InChI=1S/C12H13ClN6/c1-7-15-5-8-6-19(3-2-9(8)16-7)11-4-10(13)17-12(14)18-11/h4-5H,2-3,6H2,1H3,(H2,14,17,18). The Balaban J connectivity index is 1.91. The van der Waals surface area contributed by atoms with Crippen LogP contribution in [0.15, 0.2) is 12.3 Å². The highest BCUT2D eigenvalue weighted by Crippen LogP contribution is 2.23. The number of anilines is 2. The molecule has 0 spiro atoms. The van der Waals surface area contributed by atoms with Gasteiger partial charge in [-0.3, -0.25) is 0 Å². The topological polar surface area (TPSA) is 80.8 Å². The van der Waals surface area contributed by atoms with Crippen LogP contribution in [0.25, 0.3) is 0 Å². The zero-order valence-electron chi connectivity index (χ0n) is 10.5. The molecule has 19 heavy (non-hydrogen) atoms. The van der Waals surface area contributed by atoms with Crippen LogP contribution in [0.4, 0.5) is 11.8 Å². The SMILES string of the molecule is Cc1ncc2c(n1)CCN(c1cc(Cl)nc(N)n1)C2. The Bertz CT molecular complexity index is 609. The van der Waals surface area contributed by atoms with E-state index in [9.17, 15) is 0 Å². The molecule has 0 unspecified atom stereocenters. The van der Waals surface area contributed by atoms with Crippen LogP contribution < -0.4 is 10.6 Å². The number of halogens is 1. The second-order valence-corrected chi connectivity index (χ2v) is 4.86. The third kappa shape index (κ3) is 2.44. The van der Waals surface area contributed by atoms with Gasteiger partial charge < -0.3 is 10.6 Å². The Kier molecular flexibility index (Phi) is 2.94. The van der Waals surface area contributed by atoms with E-state index in [1.807, 2.05) is 13.1 Å². The van der Waals surface area contributed by atoms with Gasteiger partial charge in [-0.05, 0) is 6.92 Å². The average Bonchev–Trinajstić information content (AvgIpc) is 2.37. The van der Waals surface area contributed by atoms with Crippen molar-refractivity contribution < 1.29 is 0 Å². The molecule has 1 aliphatic rings. The highest BCUT2D eigenvalue weighted by Gasteiger charge is 2.19. The number of hydrogen-bond donors (Lipinski definition) is 1. The Morgan fingerprint density at radius 2 is 2.16 bits per heavy atom. The van der Waals surface area contributed by atoms with Crippen molar-refractivity contribution in [3.05, 3.63) is 34.5 Å². The van der Waals surface area contributed by atoms with E-state index in [-0.39, 0.29) is 5.95 Å². The van der Waals surface area contributed by atoms with E-state index in [2.05, 4.69) is 24.8 Å². The summed E-state index contributed by atoms with van der Waals surface area (Å²) < 4.78 is 0. The molecule has 3 heterocycles. The first-order valence-electron chi connectivity index (χ1n) is 5.98. The average molecular weight is 277 g/mol. The molecule has 0 aliphatic carbocycles. The molecule has 1 aliphatic heterocycles. The first-order valence-corrected chi connectivity index (χ1v) is 6.36. The summed E-state index contributed by atoms with van der Waals surface area (Å²) in [5.41, 5.74) is 7.85. The zero-order chi connectivity index (χ0) is 13.4. The van der Waals surface area contributed by atoms with Gasteiger partial charge in [0, 0.05) is 37.3 Å². The van der Waals surface area contributed by atoms with Crippen molar-refractivity contribution in [1.82, 2.24) is 19.9 Å². The molecule has 0 atom stereocenters. The van der Waals surface area contributed by atoms with Gasteiger partial charge in [0.2, 0.25) is 5.95 Å². The lowest BCUT2D eigenvalue weighted by atomic mass is 10.1. The fourth-order valence-corrected chi connectivity index (χ4v) is 2.38. The van der Waals surface area contributed by atoms with Crippen molar-refractivity contribution in [3.63, 3.8) is 0 Å². The molecule has 3 rings (SSSR count). The van der Waals surface area contributed by atoms with Crippen LogP contribution in [0.1, 0.15) is 17.1 Å². The third-order valence-corrected chi connectivity index (χ3v) is 3.27. The molecule has 0 saturated carbocycles. The van der Waals surface area contributed by atoms with Gasteiger partial charge in [0.1, 0.15) is 16.8 Å². The summed E-state index contributed by atoms with van der Waals surface area (Å²) in [6, 6.07) is 1.72. The maximum Gasteiger partial charge on any atom is 0.223 e. The Morgan fingerprint density at radius 3 is 2.95 bits per heavy atom. The van der Waals surface area contributed by atoms with Crippen molar-refractivity contribution in [2.75, 3.05) is 17.2 Å². The molecule has 2 N–H and O–H groups in total. The molecule has 0 radical (unpaired) electrons. The summed E-state index contributed by atoms with van der Waals surface area (Å²) in [6.45, 7) is 3.44. The lowest BCUT2D eigenvalue weighted by Crippen LogP contribution is -2.32. The number of aromatic nitrogens is 4. The molecular formula is C12H13ClN6. The van der Waals surface area contributed by atoms with Gasteiger partial charge in [-0.15, -0.1) is 0 Å². The van der Waals surface area contributed by atoms with Gasteiger partial charge in [-0.2, -0.15) is 4.98 Å². The predicted octanol–water partition coefficient (Wildman–Crippen LogP) is 1.37. The summed E-state index contributed by atoms with van der Waals surface area (Å²) in [6.07, 6.45) is 2.73. The lowest BCUT2D eigenvalue weighted by molar-refractivity contribution is 0.691. The van der Waals surface area contributed by atoms with Crippen LogP contribution >= 0.6 is 11.6 Å². The maximum atomic E-state index is 5.91. The summed E-state index contributed by atoms with van der Waals surface area (Å²) in [4.78, 5) is 18.9. The smallest absolute Gasteiger partial charge is 0.223 e. The highest BCUT2D eigenvalue weighted by molar-refractivity contribution is 6.29. The van der Waals surface area contributed by atoms with Crippen LogP contribution in [0.2, 0.25) is 5.15 Å². The number of aryl methyl sites for hydroxylation is 1. The minimum absolute atomic E-state index is 0.188. The van der Waals surface area contributed by atoms with E-state index in [0.717, 1.165) is 35.9 Å². The van der Waals surface area contributed by atoms with Crippen molar-refractivity contribution in [2.24, 2.45) is 0 Å². The molecule has 7 heteroatoms. The van der Waals surface area contributed by atoms with E-state index in [4.69, 9.17) is 17.3 Å². The minimum Gasteiger partial charge on any atom is -0.368 e. The first kappa shape index (κ1) is 12.1. The van der Waals surface area contributed by atoms with Crippen LogP contribution in [0.5, 0.6) is 0 Å². The third-order valence-electron chi connectivity index (χ3n) is 3.08. The van der Waals surface area contributed by atoms with Crippen molar-refractivity contribution in [2.45, 2.75) is 19.9 Å². The van der Waals surface area contributed by atoms with E-state index >= 15 is 0 Å².